The number of rotatable bonds is 6. The number of anilines is 1. The Morgan fingerprint density at radius 1 is 1.11 bits per heavy atom. The molecule has 2 N–H and O–H groups in total. The normalized spacial score (nSPS) is 11.2. The van der Waals surface area contributed by atoms with Crippen molar-refractivity contribution >= 4 is 33.0 Å². The monoisotopic (exact) mass is 403 g/mol. The van der Waals surface area contributed by atoms with E-state index in [1.54, 1.807) is 12.1 Å². The van der Waals surface area contributed by atoms with Gasteiger partial charge in [-0.15, -0.1) is 11.3 Å². The number of methoxy groups -OCH3 is 1. The van der Waals surface area contributed by atoms with E-state index < -0.39 is 16.0 Å². The highest BCUT2D eigenvalue weighted by molar-refractivity contribution is 7.94. The molecule has 0 fully saturated rings. The standard InChI is InChI=1S/C19H17NO5S2/c1-12-5-3-4-6-14(12)17-9-10-18(26-17)27(23,24)20-15-8-7-13(19(21)22)11-16(15)25-2/h3-11,20H,1-2H3,(H,21,22). The van der Waals surface area contributed by atoms with Gasteiger partial charge in [-0.25, -0.2) is 13.2 Å². The lowest BCUT2D eigenvalue weighted by molar-refractivity contribution is 0.0696. The van der Waals surface area contributed by atoms with Gasteiger partial charge >= 0.3 is 5.97 Å². The van der Waals surface area contributed by atoms with Gasteiger partial charge in [-0.2, -0.15) is 0 Å². The summed E-state index contributed by atoms with van der Waals surface area (Å²) in [5.74, 6) is -0.988. The first-order valence-corrected chi connectivity index (χ1v) is 10.2. The van der Waals surface area contributed by atoms with Crippen LogP contribution in [0.4, 0.5) is 5.69 Å². The lowest BCUT2D eigenvalue weighted by Crippen LogP contribution is -2.12. The molecule has 27 heavy (non-hydrogen) atoms. The van der Waals surface area contributed by atoms with E-state index in [-0.39, 0.29) is 21.2 Å². The van der Waals surface area contributed by atoms with Crippen molar-refractivity contribution in [3.63, 3.8) is 0 Å². The zero-order chi connectivity index (χ0) is 19.6. The molecule has 1 aromatic heterocycles. The van der Waals surface area contributed by atoms with Gasteiger partial charge in [-0.3, -0.25) is 4.72 Å². The molecule has 0 aliphatic carbocycles. The predicted molar refractivity (Wildman–Crippen MR) is 105 cm³/mol. The number of sulfonamides is 1. The van der Waals surface area contributed by atoms with Crippen molar-refractivity contribution in [3.05, 3.63) is 65.7 Å². The average molecular weight is 403 g/mol. The minimum Gasteiger partial charge on any atom is -0.495 e. The van der Waals surface area contributed by atoms with E-state index in [9.17, 15) is 13.2 Å². The highest BCUT2D eigenvalue weighted by Crippen LogP contribution is 2.34. The topological polar surface area (TPSA) is 92.7 Å². The molecule has 3 rings (SSSR count). The number of aryl methyl sites for hydroxylation is 1. The molecule has 2 aromatic carbocycles. The summed E-state index contributed by atoms with van der Waals surface area (Å²) in [6.07, 6.45) is 0. The van der Waals surface area contributed by atoms with Crippen LogP contribution >= 0.6 is 11.3 Å². The Hall–Kier alpha value is -2.84. The molecule has 0 spiro atoms. The Bertz CT molecular complexity index is 1100. The maximum Gasteiger partial charge on any atom is 0.335 e. The molecule has 140 valence electrons. The van der Waals surface area contributed by atoms with Crippen LogP contribution < -0.4 is 9.46 Å². The van der Waals surface area contributed by atoms with E-state index in [1.165, 1.54) is 25.3 Å². The largest absolute Gasteiger partial charge is 0.495 e. The van der Waals surface area contributed by atoms with Crippen molar-refractivity contribution in [3.8, 4) is 16.2 Å². The first-order valence-electron chi connectivity index (χ1n) is 7.92. The second-order valence-corrected chi connectivity index (χ2v) is 8.75. The maximum absolute atomic E-state index is 12.7. The minimum atomic E-state index is -3.84. The summed E-state index contributed by atoms with van der Waals surface area (Å²) in [5.41, 5.74) is 2.22. The Morgan fingerprint density at radius 3 is 2.52 bits per heavy atom. The maximum atomic E-state index is 12.7. The fourth-order valence-electron chi connectivity index (χ4n) is 2.56. The van der Waals surface area contributed by atoms with Crippen molar-refractivity contribution in [2.24, 2.45) is 0 Å². The molecule has 1 heterocycles. The minimum absolute atomic E-state index is 0.00719. The van der Waals surface area contributed by atoms with Gasteiger partial charge < -0.3 is 9.84 Å². The SMILES string of the molecule is COc1cc(C(=O)O)ccc1NS(=O)(=O)c1ccc(-c2ccccc2C)s1. The molecule has 0 saturated carbocycles. The summed E-state index contributed by atoms with van der Waals surface area (Å²) in [6.45, 7) is 1.97. The van der Waals surface area contributed by atoms with Crippen LogP contribution in [0.3, 0.4) is 0 Å². The Labute approximate surface area is 161 Å². The molecule has 0 amide bonds. The van der Waals surface area contributed by atoms with Gasteiger partial charge in [0, 0.05) is 4.88 Å². The molecule has 8 heteroatoms. The number of hydrogen-bond acceptors (Lipinski definition) is 5. The number of hydrogen-bond donors (Lipinski definition) is 2. The van der Waals surface area contributed by atoms with Gasteiger partial charge in [-0.05, 0) is 48.4 Å². The smallest absolute Gasteiger partial charge is 0.335 e. The van der Waals surface area contributed by atoms with Gasteiger partial charge in [0.05, 0.1) is 18.4 Å². The van der Waals surface area contributed by atoms with Gasteiger partial charge in [-0.1, -0.05) is 24.3 Å². The summed E-state index contributed by atoms with van der Waals surface area (Å²) in [6, 6.07) is 15.0. The molecule has 0 atom stereocenters. The van der Waals surface area contributed by atoms with Crippen LogP contribution in [0.5, 0.6) is 5.75 Å². The van der Waals surface area contributed by atoms with E-state index in [0.29, 0.717) is 0 Å². The lowest BCUT2D eigenvalue weighted by Gasteiger charge is -2.11. The van der Waals surface area contributed by atoms with Crippen molar-refractivity contribution in [1.82, 2.24) is 0 Å². The number of carboxylic acids is 1. The number of benzene rings is 2. The summed E-state index contributed by atoms with van der Waals surface area (Å²) >= 11 is 1.16. The van der Waals surface area contributed by atoms with Crippen LogP contribution in [0.2, 0.25) is 0 Å². The second-order valence-electron chi connectivity index (χ2n) is 5.76. The highest BCUT2D eigenvalue weighted by Gasteiger charge is 2.20. The Kier molecular flexibility index (Phi) is 5.20. The van der Waals surface area contributed by atoms with Gasteiger partial charge in [0.2, 0.25) is 0 Å². The fourth-order valence-corrected chi connectivity index (χ4v) is 5.03. The summed E-state index contributed by atoms with van der Waals surface area (Å²) in [7, 11) is -2.49. The van der Waals surface area contributed by atoms with Crippen molar-refractivity contribution < 1.29 is 23.1 Å². The number of carbonyl (C=O) groups is 1. The van der Waals surface area contributed by atoms with Crippen LogP contribution in [0, 0.1) is 6.92 Å². The second kappa shape index (κ2) is 7.42. The molecule has 0 unspecified atom stereocenters. The number of ether oxygens (including phenoxy) is 1. The van der Waals surface area contributed by atoms with Crippen LogP contribution in [0.1, 0.15) is 15.9 Å². The first kappa shape index (κ1) is 18.9. The Morgan fingerprint density at radius 2 is 1.85 bits per heavy atom. The molecule has 3 aromatic rings. The predicted octanol–water partition coefficient (Wildman–Crippen LogP) is 4.23. The molecule has 0 radical (unpaired) electrons. The van der Waals surface area contributed by atoms with E-state index in [4.69, 9.17) is 9.84 Å². The third kappa shape index (κ3) is 3.96. The number of aromatic carboxylic acids is 1. The van der Waals surface area contributed by atoms with Crippen LogP contribution in [-0.2, 0) is 10.0 Å². The molecular weight excluding hydrogens is 386 g/mol. The molecule has 0 bridgehead atoms. The van der Waals surface area contributed by atoms with Crippen molar-refractivity contribution in [1.29, 1.82) is 0 Å². The lowest BCUT2D eigenvalue weighted by atomic mass is 10.1. The van der Waals surface area contributed by atoms with Gasteiger partial charge in [0.25, 0.3) is 10.0 Å². The number of carboxylic acid groups (broad SMARTS) is 1. The molecule has 0 aliphatic heterocycles. The molecule has 0 saturated heterocycles. The van der Waals surface area contributed by atoms with E-state index in [2.05, 4.69) is 4.72 Å². The zero-order valence-corrected chi connectivity index (χ0v) is 16.2. The summed E-state index contributed by atoms with van der Waals surface area (Å²) < 4.78 is 33.2. The number of thiophene rings is 1. The third-order valence-electron chi connectivity index (χ3n) is 3.95. The van der Waals surface area contributed by atoms with Crippen molar-refractivity contribution in [2.45, 2.75) is 11.1 Å². The summed E-state index contributed by atoms with van der Waals surface area (Å²) in [4.78, 5) is 11.9. The van der Waals surface area contributed by atoms with Crippen LogP contribution in [0.25, 0.3) is 10.4 Å². The van der Waals surface area contributed by atoms with Crippen molar-refractivity contribution in [2.75, 3.05) is 11.8 Å². The van der Waals surface area contributed by atoms with E-state index in [0.717, 1.165) is 27.3 Å². The van der Waals surface area contributed by atoms with Gasteiger partial charge in [0.1, 0.15) is 9.96 Å². The first-order chi connectivity index (χ1) is 12.8. The zero-order valence-electron chi connectivity index (χ0n) is 14.6. The molecular formula is C19H17NO5S2. The number of nitrogens with one attached hydrogen (secondary N) is 1. The third-order valence-corrected chi connectivity index (χ3v) is 6.93. The summed E-state index contributed by atoms with van der Waals surface area (Å²) in [5, 5.41) is 9.05. The quantitative estimate of drug-likeness (QED) is 0.642. The van der Waals surface area contributed by atoms with Gasteiger partial charge in [0.15, 0.2) is 0 Å². The fraction of sp³-hybridized carbons (Fsp3) is 0.105. The van der Waals surface area contributed by atoms with Crippen LogP contribution in [0.15, 0.2) is 58.8 Å². The van der Waals surface area contributed by atoms with E-state index in [1.807, 2.05) is 31.2 Å². The highest BCUT2D eigenvalue weighted by atomic mass is 32.2. The average Bonchev–Trinajstić information content (AvgIpc) is 3.13. The molecule has 0 aliphatic rings. The Balaban J connectivity index is 1.92. The molecule has 6 nitrogen and oxygen atoms in total. The van der Waals surface area contributed by atoms with Crippen LogP contribution in [-0.4, -0.2) is 26.6 Å². The van der Waals surface area contributed by atoms with E-state index >= 15 is 0 Å².